The highest BCUT2D eigenvalue weighted by Crippen LogP contribution is 2.27. The summed E-state index contributed by atoms with van der Waals surface area (Å²) in [6.07, 6.45) is -1.27. The fourth-order valence-corrected chi connectivity index (χ4v) is 3.25. The number of methoxy groups -OCH3 is 1. The second kappa shape index (κ2) is 13.0. The van der Waals surface area contributed by atoms with Crippen LogP contribution in [0.1, 0.15) is 17.5 Å². The number of carbonyl (C=O) groups is 3. The number of rotatable bonds is 10. The van der Waals surface area contributed by atoms with Crippen molar-refractivity contribution in [2.75, 3.05) is 12.4 Å². The Balaban J connectivity index is 1.67. The van der Waals surface area contributed by atoms with Crippen molar-refractivity contribution in [2.24, 2.45) is 0 Å². The van der Waals surface area contributed by atoms with E-state index in [0.29, 0.717) is 10.8 Å². The van der Waals surface area contributed by atoms with Gasteiger partial charge in [0.05, 0.1) is 19.2 Å². The van der Waals surface area contributed by atoms with Gasteiger partial charge in [-0.3, -0.25) is 9.59 Å². The van der Waals surface area contributed by atoms with Crippen LogP contribution in [-0.4, -0.2) is 31.1 Å². The molecule has 0 aliphatic carbocycles. The monoisotopic (exact) mass is 496 g/mol. The summed E-state index contributed by atoms with van der Waals surface area (Å²) < 4.78 is 15.7. The Morgan fingerprint density at radius 3 is 2.06 bits per heavy atom. The molecule has 0 saturated carbocycles. The zero-order chi connectivity index (χ0) is 25.0. The van der Waals surface area contributed by atoms with Crippen molar-refractivity contribution in [3.8, 4) is 5.75 Å². The Morgan fingerprint density at radius 2 is 1.46 bits per heavy atom. The Morgan fingerprint density at radius 1 is 0.857 bits per heavy atom. The van der Waals surface area contributed by atoms with Crippen LogP contribution in [0.25, 0.3) is 0 Å². The summed E-state index contributed by atoms with van der Waals surface area (Å²) in [5.74, 6) is -0.978. The first-order valence-electron chi connectivity index (χ1n) is 10.8. The molecule has 0 aliphatic heterocycles. The van der Waals surface area contributed by atoms with Crippen LogP contribution in [0.15, 0.2) is 78.9 Å². The molecule has 0 bridgehead atoms. The molecule has 2 amide bonds. The summed E-state index contributed by atoms with van der Waals surface area (Å²) in [6, 6.07) is 21.6. The predicted octanol–water partition coefficient (Wildman–Crippen LogP) is 4.72. The summed E-state index contributed by atoms with van der Waals surface area (Å²) in [5.41, 5.74) is 1.85. The van der Waals surface area contributed by atoms with Crippen LogP contribution in [0, 0.1) is 0 Å². The first kappa shape index (κ1) is 25.6. The third-order valence-corrected chi connectivity index (χ3v) is 5.09. The molecule has 3 aromatic rings. The molecule has 3 rings (SSSR count). The SMILES string of the molecule is COc1ccc(Cl)cc1NC(=O)[C@@H](CC(=O)OCc1ccccc1)NC(=O)OCc1ccccc1. The van der Waals surface area contributed by atoms with Gasteiger partial charge >= 0.3 is 12.1 Å². The topological polar surface area (TPSA) is 103 Å². The van der Waals surface area contributed by atoms with Crippen molar-refractivity contribution in [3.05, 3.63) is 95.0 Å². The lowest BCUT2D eigenvalue weighted by molar-refractivity contribution is -0.146. The van der Waals surface area contributed by atoms with E-state index >= 15 is 0 Å². The first-order chi connectivity index (χ1) is 16.9. The van der Waals surface area contributed by atoms with E-state index in [-0.39, 0.29) is 18.9 Å². The summed E-state index contributed by atoms with van der Waals surface area (Å²) in [6.45, 7) is 0.0379. The highest BCUT2D eigenvalue weighted by Gasteiger charge is 2.26. The van der Waals surface area contributed by atoms with Crippen molar-refractivity contribution in [2.45, 2.75) is 25.7 Å². The average molecular weight is 497 g/mol. The second-order valence-electron chi connectivity index (χ2n) is 7.44. The van der Waals surface area contributed by atoms with Gasteiger partial charge in [-0.05, 0) is 29.3 Å². The zero-order valence-corrected chi connectivity index (χ0v) is 19.8. The Hall–Kier alpha value is -4.04. The summed E-state index contributed by atoms with van der Waals surface area (Å²) in [5, 5.41) is 5.45. The Labute approximate surface area is 208 Å². The van der Waals surface area contributed by atoms with E-state index in [9.17, 15) is 14.4 Å². The van der Waals surface area contributed by atoms with Crippen molar-refractivity contribution in [1.29, 1.82) is 0 Å². The van der Waals surface area contributed by atoms with Gasteiger partial charge in [-0.1, -0.05) is 72.3 Å². The number of hydrogen-bond acceptors (Lipinski definition) is 6. The molecule has 8 nitrogen and oxygen atoms in total. The summed E-state index contributed by atoms with van der Waals surface area (Å²) in [4.78, 5) is 37.9. The van der Waals surface area contributed by atoms with Gasteiger partial charge in [0.2, 0.25) is 5.91 Å². The van der Waals surface area contributed by atoms with Crippen molar-refractivity contribution in [3.63, 3.8) is 0 Å². The highest BCUT2D eigenvalue weighted by atomic mass is 35.5. The molecule has 0 saturated heterocycles. The quantitative estimate of drug-likeness (QED) is 0.394. The van der Waals surface area contributed by atoms with Crippen LogP contribution in [0.4, 0.5) is 10.5 Å². The summed E-state index contributed by atoms with van der Waals surface area (Å²) >= 11 is 6.03. The third kappa shape index (κ3) is 8.35. The number of anilines is 1. The smallest absolute Gasteiger partial charge is 0.408 e. The molecule has 35 heavy (non-hydrogen) atoms. The lowest BCUT2D eigenvalue weighted by Crippen LogP contribution is -2.45. The molecule has 0 unspecified atom stereocenters. The Kier molecular flexibility index (Phi) is 9.50. The predicted molar refractivity (Wildman–Crippen MR) is 131 cm³/mol. The molecule has 0 radical (unpaired) electrons. The van der Waals surface area contributed by atoms with E-state index in [1.54, 1.807) is 24.3 Å². The number of hydrogen-bond donors (Lipinski definition) is 2. The number of benzene rings is 3. The van der Waals surface area contributed by atoms with Gasteiger partial charge in [0.15, 0.2) is 0 Å². The lowest BCUT2D eigenvalue weighted by Gasteiger charge is -2.19. The standard InChI is InChI=1S/C26H25ClN2O6/c1-33-23-13-12-20(27)14-21(23)28-25(31)22(15-24(30)34-16-18-8-4-2-5-9-18)29-26(32)35-17-19-10-6-3-7-11-19/h2-14,22H,15-17H2,1H3,(H,28,31)(H,29,32)/t22-/m1/s1. The molecule has 9 heteroatoms. The molecule has 0 spiro atoms. The van der Waals surface area contributed by atoms with Gasteiger partial charge in [0.25, 0.3) is 0 Å². The van der Waals surface area contributed by atoms with Crippen LogP contribution in [0.3, 0.4) is 0 Å². The van der Waals surface area contributed by atoms with Crippen molar-refractivity contribution < 1.29 is 28.6 Å². The lowest BCUT2D eigenvalue weighted by atomic mass is 10.1. The van der Waals surface area contributed by atoms with Gasteiger partial charge in [0.1, 0.15) is 25.0 Å². The first-order valence-corrected chi connectivity index (χ1v) is 11.1. The average Bonchev–Trinajstić information content (AvgIpc) is 2.87. The highest BCUT2D eigenvalue weighted by molar-refractivity contribution is 6.31. The van der Waals surface area contributed by atoms with Crippen LogP contribution < -0.4 is 15.4 Å². The normalized spacial score (nSPS) is 11.1. The number of nitrogens with one attached hydrogen (secondary N) is 2. The van der Waals surface area contributed by atoms with E-state index in [4.69, 9.17) is 25.8 Å². The zero-order valence-electron chi connectivity index (χ0n) is 19.0. The molecule has 0 aromatic heterocycles. The van der Waals surface area contributed by atoms with E-state index in [1.165, 1.54) is 13.2 Å². The van der Waals surface area contributed by atoms with Crippen molar-refractivity contribution >= 4 is 35.3 Å². The maximum Gasteiger partial charge on any atom is 0.408 e. The molecule has 0 fully saturated rings. The molecule has 0 heterocycles. The van der Waals surface area contributed by atoms with E-state index < -0.39 is 30.4 Å². The van der Waals surface area contributed by atoms with Gasteiger partial charge < -0.3 is 24.8 Å². The minimum absolute atomic E-state index is 0.00157. The van der Waals surface area contributed by atoms with E-state index in [0.717, 1.165) is 11.1 Å². The number of halogens is 1. The van der Waals surface area contributed by atoms with Gasteiger partial charge in [-0.2, -0.15) is 0 Å². The fourth-order valence-electron chi connectivity index (χ4n) is 3.08. The molecular formula is C26H25ClN2O6. The third-order valence-electron chi connectivity index (χ3n) is 4.85. The number of carbonyl (C=O) groups excluding carboxylic acids is 3. The fraction of sp³-hybridized carbons (Fsp3) is 0.192. The van der Waals surface area contributed by atoms with Crippen LogP contribution in [-0.2, 0) is 32.3 Å². The van der Waals surface area contributed by atoms with Crippen LogP contribution in [0.5, 0.6) is 5.75 Å². The minimum Gasteiger partial charge on any atom is -0.495 e. The molecule has 1 atom stereocenters. The van der Waals surface area contributed by atoms with E-state index in [1.807, 2.05) is 48.5 Å². The molecule has 0 aliphatic rings. The van der Waals surface area contributed by atoms with Crippen LogP contribution in [0.2, 0.25) is 5.02 Å². The summed E-state index contributed by atoms with van der Waals surface area (Å²) in [7, 11) is 1.44. The molecule has 3 aromatic carbocycles. The van der Waals surface area contributed by atoms with Crippen molar-refractivity contribution in [1.82, 2.24) is 5.32 Å². The van der Waals surface area contributed by atoms with Gasteiger partial charge in [0, 0.05) is 5.02 Å². The number of esters is 1. The largest absolute Gasteiger partial charge is 0.495 e. The maximum absolute atomic E-state index is 13.0. The van der Waals surface area contributed by atoms with Crippen LogP contribution >= 0.6 is 11.6 Å². The Bertz CT molecular complexity index is 1080. The maximum atomic E-state index is 13.0. The second-order valence-corrected chi connectivity index (χ2v) is 7.88. The number of ether oxygens (including phenoxy) is 3. The van der Waals surface area contributed by atoms with Gasteiger partial charge in [-0.25, -0.2) is 4.79 Å². The van der Waals surface area contributed by atoms with E-state index in [2.05, 4.69) is 10.6 Å². The van der Waals surface area contributed by atoms with Gasteiger partial charge in [-0.15, -0.1) is 0 Å². The molecule has 182 valence electrons. The number of alkyl carbamates (subject to hydrolysis) is 1. The number of amides is 2. The minimum atomic E-state index is -1.27. The molecular weight excluding hydrogens is 472 g/mol. The molecule has 2 N–H and O–H groups in total.